The van der Waals surface area contributed by atoms with Gasteiger partial charge in [-0.25, -0.2) is 0 Å². The second-order valence-electron chi connectivity index (χ2n) is 4.08. The lowest BCUT2D eigenvalue weighted by Gasteiger charge is -2.27. The summed E-state index contributed by atoms with van der Waals surface area (Å²) in [7, 11) is 2.02. The first kappa shape index (κ1) is 13.1. The molecule has 0 bridgehead atoms. The average molecular weight is 321 g/mol. The zero-order valence-electron chi connectivity index (χ0n) is 10.2. The summed E-state index contributed by atoms with van der Waals surface area (Å²) in [5.74, 6) is 0. The lowest BCUT2D eigenvalue weighted by molar-refractivity contribution is 0.753. The van der Waals surface area contributed by atoms with Crippen molar-refractivity contribution in [3.63, 3.8) is 0 Å². The largest absolute Gasteiger partial charge is 0.366 e. The monoisotopic (exact) mass is 320 g/mol. The highest BCUT2D eigenvalue weighted by Crippen LogP contribution is 2.31. The van der Waals surface area contributed by atoms with E-state index in [4.69, 9.17) is 0 Å². The number of halogens is 1. The van der Waals surface area contributed by atoms with Gasteiger partial charge in [0.05, 0.1) is 17.3 Å². The average Bonchev–Trinajstić information content (AvgIpc) is 2.90. The van der Waals surface area contributed by atoms with E-state index in [0.29, 0.717) is 5.56 Å². The van der Waals surface area contributed by atoms with Crippen molar-refractivity contribution >= 4 is 33.0 Å². The Kier molecular flexibility index (Phi) is 4.05. The van der Waals surface area contributed by atoms with Crippen LogP contribution in [0.25, 0.3) is 0 Å². The molecule has 0 N–H and O–H groups in total. The highest BCUT2D eigenvalue weighted by atomic mass is 79.9. The second kappa shape index (κ2) is 5.55. The molecule has 1 atom stereocenters. The van der Waals surface area contributed by atoms with E-state index in [-0.39, 0.29) is 6.04 Å². The van der Waals surface area contributed by atoms with Gasteiger partial charge in [0.2, 0.25) is 0 Å². The smallest absolute Gasteiger partial charge is 0.101 e. The topological polar surface area (TPSA) is 27.0 Å². The Morgan fingerprint density at radius 2 is 2.17 bits per heavy atom. The minimum Gasteiger partial charge on any atom is -0.366 e. The van der Waals surface area contributed by atoms with Crippen molar-refractivity contribution in [3.05, 3.63) is 50.6 Å². The van der Waals surface area contributed by atoms with Gasteiger partial charge in [-0.05, 0) is 36.6 Å². The number of thiophene rings is 1. The molecule has 1 aromatic heterocycles. The molecule has 0 fully saturated rings. The number of hydrogen-bond donors (Lipinski definition) is 0. The standard InChI is InChI=1S/C14H13BrN2S/c1-10(14-4-3-7-18-14)17(2)13-6-5-12(15)8-11(13)9-16/h3-8,10H,1-2H3. The summed E-state index contributed by atoms with van der Waals surface area (Å²) in [6.45, 7) is 2.15. The van der Waals surface area contributed by atoms with Crippen LogP contribution in [0.5, 0.6) is 0 Å². The molecule has 0 amide bonds. The third-order valence-electron chi connectivity index (χ3n) is 2.99. The minimum atomic E-state index is 0.262. The van der Waals surface area contributed by atoms with Gasteiger partial charge in [0.15, 0.2) is 0 Å². The van der Waals surface area contributed by atoms with Crippen LogP contribution in [-0.2, 0) is 0 Å². The second-order valence-corrected chi connectivity index (χ2v) is 5.97. The van der Waals surface area contributed by atoms with Gasteiger partial charge < -0.3 is 4.90 Å². The van der Waals surface area contributed by atoms with Crippen LogP contribution in [0.4, 0.5) is 5.69 Å². The van der Waals surface area contributed by atoms with Crippen molar-refractivity contribution < 1.29 is 0 Å². The molecule has 0 saturated heterocycles. The van der Waals surface area contributed by atoms with E-state index in [2.05, 4.69) is 51.3 Å². The lowest BCUT2D eigenvalue weighted by Crippen LogP contribution is -2.21. The third kappa shape index (κ3) is 2.58. The Morgan fingerprint density at radius 1 is 1.39 bits per heavy atom. The molecule has 18 heavy (non-hydrogen) atoms. The molecule has 0 saturated carbocycles. The normalized spacial score (nSPS) is 11.9. The van der Waals surface area contributed by atoms with Gasteiger partial charge in [-0.1, -0.05) is 22.0 Å². The molecule has 1 unspecified atom stereocenters. The van der Waals surface area contributed by atoms with Crippen LogP contribution in [0.1, 0.15) is 23.4 Å². The molecule has 0 spiro atoms. The molecule has 0 aliphatic heterocycles. The van der Waals surface area contributed by atoms with Crippen molar-refractivity contribution in [1.82, 2.24) is 0 Å². The van der Waals surface area contributed by atoms with Crippen LogP contribution in [0.2, 0.25) is 0 Å². The molecule has 0 radical (unpaired) electrons. The number of rotatable bonds is 3. The van der Waals surface area contributed by atoms with Gasteiger partial charge in [-0.2, -0.15) is 5.26 Å². The third-order valence-corrected chi connectivity index (χ3v) is 4.53. The molecule has 1 aromatic carbocycles. The van der Waals surface area contributed by atoms with Crippen LogP contribution in [0, 0.1) is 11.3 Å². The van der Waals surface area contributed by atoms with Crippen LogP contribution < -0.4 is 4.90 Å². The molecular weight excluding hydrogens is 308 g/mol. The Bertz CT molecular complexity index is 572. The summed E-state index contributed by atoms with van der Waals surface area (Å²) in [5.41, 5.74) is 1.65. The van der Waals surface area contributed by atoms with E-state index >= 15 is 0 Å². The predicted molar refractivity (Wildman–Crippen MR) is 80.0 cm³/mol. The van der Waals surface area contributed by atoms with Crippen LogP contribution in [0.3, 0.4) is 0 Å². The van der Waals surface area contributed by atoms with Crippen molar-refractivity contribution in [3.8, 4) is 6.07 Å². The Hall–Kier alpha value is -1.31. The molecule has 0 aliphatic carbocycles. The van der Waals surface area contributed by atoms with Gasteiger partial charge in [0, 0.05) is 16.4 Å². The molecule has 2 aromatic rings. The minimum absolute atomic E-state index is 0.262. The van der Waals surface area contributed by atoms with Crippen LogP contribution in [-0.4, -0.2) is 7.05 Å². The first-order valence-corrected chi connectivity index (χ1v) is 7.26. The zero-order chi connectivity index (χ0) is 13.1. The summed E-state index contributed by atoms with van der Waals surface area (Å²) in [6, 6.07) is 12.5. The van der Waals surface area contributed by atoms with E-state index in [1.807, 2.05) is 25.2 Å². The van der Waals surface area contributed by atoms with Gasteiger partial charge in [0.1, 0.15) is 6.07 Å². The molecule has 2 rings (SSSR count). The molecule has 4 heteroatoms. The van der Waals surface area contributed by atoms with Crippen LogP contribution >= 0.6 is 27.3 Å². The highest BCUT2D eigenvalue weighted by molar-refractivity contribution is 9.10. The van der Waals surface area contributed by atoms with Crippen molar-refractivity contribution in [1.29, 1.82) is 5.26 Å². The maximum absolute atomic E-state index is 9.21. The van der Waals surface area contributed by atoms with Crippen molar-refractivity contribution in [2.24, 2.45) is 0 Å². The predicted octanol–water partition coefficient (Wildman–Crippen LogP) is 4.58. The first-order chi connectivity index (χ1) is 8.63. The summed E-state index contributed by atoms with van der Waals surface area (Å²) in [5, 5.41) is 11.3. The molecule has 2 nitrogen and oxygen atoms in total. The molecule has 0 aliphatic rings. The fraction of sp³-hybridized carbons (Fsp3) is 0.214. The SMILES string of the molecule is CC(c1cccs1)N(C)c1ccc(Br)cc1C#N. The summed E-state index contributed by atoms with van der Waals surface area (Å²) >= 11 is 5.13. The van der Waals surface area contributed by atoms with E-state index in [1.54, 1.807) is 11.3 Å². The number of hydrogen-bond acceptors (Lipinski definition) is 3. The van der Waals surface area contributed by atoms with E-state index in [9.17, 15) is 5.26 Å². The van der Waals surface area contributed by atoms with Crippen molar-refractivity contribution in [2.45, 2.75) is 13.0 Å². The summed E-state index contributed by atoms with van der Waals surface area (Å²) < 4.78 is 0.931. The maximum atomic E-state index is 9.21. The number of anilines is 1. The maximum Gasteiger partial charge on any atom is 0.101 e. The van der Waals surface area contributed by atoms with Crippen molar-refractivity contribution in [2.75, 3.05) is 11.9 Å². The van der Waals surface area contributed by atoms with E-state index in [0.717, 1.165) is 10.2 Å². The van der Waals surface area contributed by atoms with Gasteiger partial charge in [-0.15, -0.1) is 11.3 Å². The fourth-order valence-electron chi connectivity index (χ4n) is 1.83. The van der Waals surface area contributed by atoms with E-state index < -0.39 is 0 Å². The zero-order valence-corrected chi connectivity index (χ0v) is 12.6. The van der Waals surface area contributed by atoms with Gasteiger partial charge in [-0.3, -0.25) is 0 Å². The first-order valence-electron chi connectivity index (χ1n) is 5.59. The van der Waals surface area contributed by atoms with Gasteiger partial charge >= 0.3 is 0 Å². The summed E-state index contributed by atoms with van der Waals surface area (Å²) in [4.78, 5) is 3.43. The lowest BCUT2D eigenvalue weighted by atomic mass is 10.1. The Morgan fingerprint density at radius 3 is 2.78 bits per heavy atom. The van der Waals surface area contributed by atoms with E-state index in [1.165, 1.54) is 4.88 Å². The number of nitriles is 1. The number of nitrogens with zero attached hydrogens (tertiary/aromatic N) is 2. The fourth-order valence-corrected chi connectivity index (χ4v) is 3.02. The molecule has 1 heterocycles. The quantitative estimate of drug-likeness (QED) is 0.827. The highest BCUT2D eigenvalue weighted by Gasteiger charge is 2.16. The Balaban J connectivity index is 2.34. The number of benzene rings is 1. The molecule has 92 valence electrons. The van der Waals surface area contributed by atoms with Gasteiger partial charge in [0.25, 0.3) is 0 Å². The Labute approximate surface area is 120 Å². The summed E-state index contributed by atoms with van der Waals surface area (Å²) in [6.07, 6.45) is 0. The molecular formula is C14H13BrN2S. The van der Waals surface area contributed by atoms with Crippen LogP contribution in [0.15, 0.2) is 40.2 Å².